The summed E-state index contributed by atoms with van der Waals surface area (Å²) in [6.45, 7) is 0.194. The molecule has 0 aliphatic heterocycles. The number of hydrogen-bond acceptors (Lipinski definition) is 3. The summed E-state index contributed by atoms with van der Waals surface area (Å²) >= 11 is 3.33. The topological polar surface area (TPSA) is 73.6 Å². The summed E-state index contributed by atoms with van der Waals surface area (Å²) in [7, 11) is 0. The molecule has 0 radical (unpaired) electrons. The molecule has 0 aromatic heterocycles. The smallest absolute Gasteiger partial charge is 0.157 e. The first-order chi connectivity index (χ1) is 6.24. The van der Waals surface area contributed by atoms with Gasteiger partial charge >= 0.3 is 0 Å². The predicted molar refractivity (Wildman–Crippen MR) is 55.4 cm³/mol. The molecule has 1 aromatic carbocycles. The van der Waals surface area contributed by atoms with Gasteiger partial charge in [-0.25, -0.2) is 0 Å². The van der Waals surface area contributed by atoms with Crippen LogP contribution in [0.1, 0.15) is 0 Å². The maximum atomic E-state index is 5.36. The third kappa shape index (κ3) is 2.95. The third-order valence-corrected chi connectivity index (χ3v) is 2.03. The van der Waals surface area contributed by atoms with Crippen molar-refractivity contribution in [2.24, 2.45) is 16.7 Å². The summed E-state index contributed by atoms with van der Waals surface area (Å²) in [5, 5.41) is 3.29. The lowest BCUT2D eigenvalue weighted by molar-refractivity contribution is 0.372. The highest BCUT2D eigenvalue weighted by Gasteiger charge is 1.99. The van der Waals surface area contributed by atoms with Gasteiger partial charge in [-0.1, -0.05) is 12.1 Å². The van der Waals surface area contributed by atoms with Crippen molar-refractivity contribution in [2.45, 2.75) is 0 Å². The number of amidine groups is 1. The molecule has 1 aromatic rings. The number of ether oxygens (including phenoxy) is 1. The number of nitrogens with two attached hydrogens (primary N) is 2. The van der Waals surface area contributed by atoms with Crippen LogP contribution in [0.3, 0.4) is 0 Å². The predicted octanol–water partition coefficient (Wildman–Crippen LogP) is 1.06. The van der Waals surface area contributed by atoms with E-state index >= 15 is 0 Å². The van der Waals surface area contributed by atoms with E-state index < -0.39 is 0 Å². The van der Waals surface area contributed by atoms with Crippen molar-refractivity contribution < 1.29 is 4.74 Å². The van der Waals surface area contributed by atoms with Gasteiger partial charge in [0.1, 0.15) is 12.4 Å². The van der Waals surface area contributed by atoms with E-state index in [1.54, 1.807) is 0 Å². The van der Waals surface area contributed by atoms with E-state index in [2.05, 4.69) is 21.0 Å². The SMILES string of the molecule is N/N=C(\N)COc1ccccc1Br. The quantitative estimate of drug-likeness (QED) is 0.361. The lowest BCUT2D eigenvalue weighted by atomic mass is 10.3. The van der Waals surface area contributed by atoms with Crippen molar-refractivity contribution in [3.63, 3.8) is 0 Å². The third-order valence-electron chi connectivity index (χ3n) is 1.38. The maximum absolute atomic E-state index is 5.36. The average molecular weight is 244 g/mol. The molecule has 5 heteroatoms. The molecule has 70 valence electrons. The van der Waals surface area contributed by atoms with Crippen LogP contribution in [0.4, 0.5) is 0 Å². The molecule has 0 bridgehead atoms. The molecule has 0 atom stereocenters. The van der Waals surface area contributed by atoms with Crippen molar-refractivity contribution >= 4 is 21.8 Å². The Morgan fingerprint density at radius 2 is 2.15 bits per heavy atom. The first kappa shape index (κ1) is 9.85. The monoisotopic (exact) mass is 243 g/mol. The highest BCUT2D eigenvalue weighted by atomic mass is 79.9. The molecule has 0 spiro atoms. The van der Waals surface area contributed by atoms with Gasteiger partial charge in [-0.05, 0) is 28.1 Å². The molecule has 0 saturated heterocycles. The molecule has 0 saturated carbocycles. The zero-order chi connectivity index (χ0) is 9.68. The number of para-hydroxylation sites is 1. The number of halogens is 1. The van der Waals surface area contributed by atoms with Gasteiger partial charge < -0.3 is 16.3 Å². The summed E-state index contributed by atoms with van der Waals surface area (Å²) in [6, 6.07) is 7.48. The first-order valence-corrected chi connectivity index (χ1v) is 4.43. The Kier molecular flexibility index (Phi) is 3.57. The second-order valence-electron chi connectivity index (χ2n) is 2.34. The molecule has 13 heavy (non-hydrogen) atoms. The van der Waals surface area contributed by atoms with E-state index in [9.17, 15) is 0 Å². The van der Waals surface area contributed by atoms with Crippen molar-refractivity contribution in [3.05, 3.63) is 28.7 Å². The molecule has 0 fully saturated rings. The Morgan fingerprint density at radius 3 is 2.77 bits per heavy atom. The van der Waals surface area contributed by atoms with Crippen molar-refractivity contribution in [2.75, 3.05) is 6.61 Å². The second kappa shape index (κ2) is 4.71. The Balaban J connectivity index is 2.60. The lowest BCUT2D eigenvalue weighted by Gasteiger charge is -2.06. The number of benzene rings is 1. The molecule has 0 heterocycles. The van der Waals surface area contributed by atoms with Crippen LogP contribution in [0.5, 0.6) is 5.75 Å². The van der Waals surface area contributed by atoms with E-state index in [0.29, 0.717) is 5.75 Å². The van der Waals surface area contributed by atoms with Gasteiger partial charge in [-0.2, -0.15) is 5.10 Å². The fourth-order valence-corrected chi connectivity index (χ4v) is 1.15. The molecule has 0 aliphatic rings. The highest BCUT2D eigenvalue weighted by Crippen LogP contribution is 2.23. The van der Waals surface area contributed by atoms with Gasteiger partial charge in [0, 0.05) is 0 Å². The molecule has 4 nitrogen and oxygen atoms in total. The van der Waals surface area contributed by atoms with Crippen LogP contribution in [0, 0.1) is 0 Å². The summed E-state index contributed by atoms with van der Waals surface area (Å²) in [5.41, 5.74) is 5.36. The minimum absolute atomic E-state index is 0.194. The Bertz CT molecular complexity index is 314. The molecular formula is C8H10BrN3O. The molecule has 0 aliphatic carbocycles. The standard InChI is InChI=1S/C8H10BrN3O/c9-6-3-1-2-4-7(6)13-5-8(10)12-11/h1-4H,5,11H2,(H2,10,12). The van der Waals surface area contributed by atoms with E-state index in [1.807, 2.05) is 24.3 Å². The number of hydrogen-bond donors (Lipinski definition) is 2. The van der Waals surface area contributed by atoms with Gasteiger partial charge in [0.05, 0.1) is 4.47 Å². The first-order valence-electron chi connectivity index (χ1n) is 3.63. The van der Waals surface area contributed by atoms with Gasteiger partial charge in [0.25, 0.3) is 0 Å². The van der Waals surface area contributed by atoms with Crippen molar-refractivity contribution in [1.29, 1.82) is 0 Å². The number of rotatable bonds is 3. The normalized spacial score (nSPS) is 11.3. The van der Waals surface area contributed by atoms with Crippen LogP contribution in [0.2, 0.25) is 0 Å². The summed E-state index contributed by atoms with van der Waals surface area (Å²) in [6.07, 6.45) is 0. The minimum Gasteiger partial charge on any atom is -0.484 e. The zero-order valence-corrected chi connectivity index (χ0v) is 8.49. The molecule has 0 unspecified atom stereocenters. The van der Waals surface area contributed by atoms with E-state index in [0.717, 1.165) is 4.47 Å². The van der Waals surface area contributed by atoms with Crippen LogP contribution in [0.25, 0.3) is 0 Å². The zero-order valence-electron chi connectivity index (χ0n) is 6.90. The summed E-state index contributed by atoms with van der Waals surface area (Å²) < 4.78 is 6.18. The number of nitrogens with zero attached hydrogens (tertiary/aromatic N) is 1. The van der Waals surface area contributed by atoms with Gasteiger partial charge in [0.2, 0.25) is 0 Å². The van der Waals surface area contributed by atoms with E-state index in [1.165, 1.54) is 0 Å². The van der Waals surface area contributed by atoms with Crippen molar-refractivity contribution in [3.8, 4) is 5.75 Å². The molecule has 0 amide bonds. The molecular weight excluding hydrogens is 234 g/mol. The average Bonchev–Trinajstić information content (AvgIpc) is 2.16. The van der Waals surface area contributed by atoms with Crippen LogP contribution >= 0.6 is 15.9 Å². The molecule has 1 rings (SSSR count). The van der Waals surface area contributed by atoms with Gasteiger partial charge in [-0.15, -0.1) is 0 Å². The van der Waals surface area contributed by atoms with Gasteiger partial charge in [0.15, 0.2) is 5.84 Å². The van der Waals surface area contributed by atoms with Crippen LogP contribution < -0.4 is 16.3 Å². The van der Waals surface area contributed by atoms with Crippen molar-refractivity contribution in [1.82, 2.24) is 0 Å². The second-order valence-corrected chi connectivity index (χ2v) is 3.19. The Labute approximate surface area is 84.7 Å². The molecule has 4 N–H and O–H groups in total. The van der Waals surface area contributed by atoms with Crippen LogP contribution in [0.15, 0.2) is 33.8 Å². The largest absolute Gasteiger partial charge is 0.484 e. The summed E-state index contributed by atoms with van der Waals surface area (Å²) in [5.74, 6) is 5.92. The van der Waals surface area contributed by atoms with E-state index in [4.69, 9.17) is 16.3 Å². The van der Waals surface area contributed by atoms with Crippen LogP contribution in [-0.4, -0.2) is 12.4 Å². The minimum atomic E-state index is 0.194. The van der Waals surface area contributed by atoms with E-state index in [-0.39, 0.29) is 12.4 Å². The fraction of sp³-hybridized carbons (Fsp3) is 0.125. The summed E-state index contributed by atoms with van der Waals surface area (Å²) in [4.78, 5) is 0. The highest BCUT2D eigenvalue weighted by molar-refractivity contribution is 9.10. The number of hydrazone groups is 1. The Morgan fingerprint density at radius 1 is 1.46 bits per heavy atom. The Hall–Kier alpha value is -1.23. The fourth-order valence-electron chi connectivity index (χ4n) is 0.751. The lowest BCUT2D eigenvalue weighted by Crippen LogP contribution is -2.22. The van der Waals surface area contributed by atoms with Gasteiger partial charge in [-0.3, -0.25) is 0 Å². The maximum Gasteiger partial charge on any atom is 0.157 e. The van der Waals surface area contributed by atoms with Crippen LogP contribution in [-0.2, 0) is 0 Å².